The average Bonchev–Trinajstić information content (AvgIpc) is 3.06. The predicted molar refractivity (Wildman–Crippen MR) is 63.0 cm³/mol. The van der Waals surface area contributed by atoms with Gasteiger partial charge in [-0.3, -0.25) is 4.90 Å². The minimum atomic E-state index is 0.511. The molecule has 3 fully saturated rings. The van der Waals surface area contributed by atoms with Crippen LogP contribution in [0.1, 0.15) is 51.4 Å². The van der Waals surface area contributed by atoms with Crippen LogP contribution < -0.4 is 5.32 Å². The van der Waals surface area contributed by atoms with Gasteiger partial charge in [-0.15, -0.1) is 0 Å². The molecule has 1 aliphatic heterocycles. The second kappa shape index (κ2) is 4.06. The smallest absolute Gasteiger partial charge is 0.0308 e. The molecule has 15 heavy (non-hydrogen) atoms. The van der Waals surface area contributed by atoms with E-state index >= 15 is 0 Å². The van der Waals surface area contributed by atoms with E-state index in [2.05, 4.69) is 10.2 Å². The molecule has 2 nitrogen and oxygen atoms in total. The van der Waals surface area contributed by atoms with Crippen LogP contribution in [0.2, 0.25) is 0 Å². The molecule has 0 amide bonds. The fourth-order valence-corrected chi connectivity index (χ4v) is 3.47. The number of hydrogen-bond acceptors (Lipinski definition) is 2. The van der Waals surface area contributed by atoms with Crippen molar-refractivity contribution < 1.29 is 0 Å². The van der Waals surface area contributed by atoms with Crippen LogP contribution in [0.4, 0.5) is 0 Å². The fourth-order valence-electron chi connectivity index (χ4n) is 3.47. The van der Waals surface area contributed by atoms with Gasteiger partial charge in [0.15, 0.2) is 0 Å². The first-order chi connectivity index (χ1) is 7.38. The highest BCUT2D eigenvalue weighted by Gasteiger charge is 2.39. The van der Waals surface area contributed by atoms with Crippen LogP contribution in [-0.2, 0) is 0 Å². The van der Waals surface area contributed by atoms with Crippen molar-refractivity contribution in [1.29, 1.82) is 0 Å². The average molecular weight is 208 g/mol. The van der Waals surface area contributed by atoms with Crippen LogP contribution in [0.15, 0.2) is 0 Å². The molecule has 0 aromatic carbocycles. The van der Waals surface area contributed by atoms with E-state index in [4.69, 9.17) is 0 Å². The largest absolute Gasteiger partial charge is 0.310 e. The SMILES string of the molecule is C1CCC2(CC1)CN(C1CC1)CCCN2. The Morgan fingerprint density at radius 3 is 2.53 bits per heavy atom. The Morgan fingerprint density at radius 2 is 1.80 bits per heavy atom. The maximum atomic E-state index is 3.87. The van der Waals surface area contributed by atoms with Crippen molar-refractivity contribution in [1.82, 2.24) is 10.2 Å². The second-order valence-electron chi connectivity index (χ2n) is 5.82. The molecular formula is C13H24N2. The lowest BCUT2D eigenvalue weighted by molar-refractivity contribution is 0.159. The summed E-state index contributed by atoms with van der Waals surface area (Å²) in [5.41, 5.74) is 0.511. The number of rotatable bonds is 1. The van der Waals surface area contributed by atoms with Gasteiger partial charge in [0, 0.05) is 18.1 Å². The van der Waals surface area contributed by atoms with Crippen molar-refractivity contribution >= 4 is 0 Å². The van der Waals surface area contributed by atoms with Crippen molar-refractivity contribution in [3.63, 3.8) is 0 Å². The summed E-state index contributed by atoms with van der Waals surface area (Å²) in [5.74, 6) is 0. The van der Waals surface area contributed by atoms with Gasteiger partial charge in [0.2, 0.25) is 0 Å². The highest BCUT2D eigenvalue weighted by Crippen LogP contribution is 2.34. The molecule has 0 aromatic rings. The Labute approximate surface area is 93.4 Å². The predicted octanol–water partition coefficient (Wildman–Crippen LogP) is 2.15. The van der Waals surface area contributed by atoms with Gasteiger partial charge in [-0.05, 0) is 45.2 Å². The Bertz CT molecular complexity index is 217. The normalized spacial score (nSPS) is 32.8. The lowest BCUT2D eigenvalue weighted by atomic mass is 9.81. The summed E-state index contributed by atoms with van der Waals surface area (Å²) < 4.78 is 0. The first-order valence-corrected chi connectivity index (χ1v) is 6.87. The van der Waals surface area contributed by atoms with E-state index in [0.717, 1.165) is 6.04 Å². The van der Waals surface area contributed by atoms with E-state index in [-0.39, 0.29) is 0 Å². The monoisotopic (exact) mass is 208 g/mol. The number of hydrogen-bond donors (Lipinski definition) is 1. The highest BCUT2D eigenvalue weighted by molar-refractivity contribution is 4.98. The van der Waals surface area contributed by atoms with Crippen LogP contribution >= 0.6 is 0 Å². The van der Waals surface area contributed by atoms with E-state index in [1.807, 2.05) is 0 Å². The summed E-state index contributed by atoms with van der Waals surface area (Å²) in [7, 11) is 0. The zero-order chi connectivity index (χ0) is 10.1. The summed E-state index contributed by atoms with van der Waals surface area (Å²) in [6.07, 6.45) is 11.5. The van der Waals surface area contributed by atoms with Crippen molar-refractivity contribution in [2.75, 3.05) is 19.6 Å². The molecule has 0 aromatic heterocycles. The molecule has 86 valence electrons. The highest BCUT2D eigenvalue weighted by atomic mass is 15.2. The molecule has 3 rings (SSSR count). The molecule has 0 atom stereocenters. The van der Waals surface area contributed by atoms with Crippen LogP contribution in [0.3, 0.4) is 0 Å². The van der Waals surface area contributed by atoms with E-state index in [9.17, 15) is 0 Å². The molecular weight excluding hydrogens is 184 g/mol. The first-order valence-electron chi connectivity index (χ1n) is 6.87. The van der Waals surface area contributed by atoms with Gasteiger partial charge >= 0.3 is 0 Å². The molecule has 1 heterocycles. The van der Waals surface area contributed by atoms with Crippen LogP contribution in [-0.4, -0.2) is 36.1 Å². The van der Waals surface area contributed by atoms with Crippen molar-refractivity contribution in [3.05, 3.63) is 0 Å². The van der Waals surface area contributed by atoms with E-state index in [1.54, 1.807) is 0 Å². The third kappa shape index (κ3) is 2.21. The van der Waals surface area contributed by atoms with E-state index in [0.29, 0.717) is 5.54 Å². The molecule has 0 radical (unpaired) electrons. The molecule has 1 saturated heterocycles. The maximum Gasteiger partial charge on any atom is 0.0308 e. The van der Waals surface area contributed by atoms with E-state index < -0.39 is 0 Å². The van der Waals surface area contributed by atoms with E-state index in [1.165, 1.54) is 71.0 Å². The molecule has 0 unspecified atom stereocenters. The summed E-state index contributed by atoms with van der Waals surface area (Å²) in [6, 6.07) is 0.962. The quantitative estimate of drug-likeness (QED) is 0.710. The van der Waals surface area contributed by atoms with Gasteiger partial charge in [0.1, 0.15) is 0 Å². The standard InChI is InChI=1S/C13H24N2/c1-2-7-13(8-3-1)11-15(12-5-6-12)10-4-9-14-13/h12,14H,1-11H2. The van der Waals surface area contributed by atoms with Gasteiger partial charge in [-0.2, -0.15) is 0 Å². The maximum absolute atomic E-state index is 3.87. The van der Waals surface area contributed by atoms with Crippen LogP contribution in [0.25, 0.3) is 0 Å². The number of nitrogens with one attached hydrogen (secondary N) is 1. The Balaban J connectivity index is 1.69. The van der Waals surface area contributed by atoms with Crippen molar-refractivity contribution in [2.24, 2.45) is 0 Å². The topological polar surface area (TPSA) is 15.3 Å². The summed E-state index contributed by atoms with van der Waals surface area (Å²) >= 11 is 0. The molecule has 2 saturated carbocycles. The summed E-state index contributed by atoms with van der Waals surface area (Å²) in [4.78, 5) is 2.78. The van der Waals surface area contributed by atoms with Gasteiger partial charge < -0.3 is 5.32 Å². The Morgan fingerprint density at radius 1 is 1.00 bits per heavy atom. The molecule has 0 bridgehead atoms. The second-order valence-corrected chi connectivity index (χ2v) is 5.82. The minimum absolute atomic E-state index is 0.511. The molecule has 3 aliphatic rings. The van der Waals surface area contributed by atoms with Gasteiger partial charge in [-0.25, -0.2) is 0 Å². The summed E-state index contributed by atoms with van der Waals surface area (Å²) in [5, 5.41) is 3.87. The molecule has 2 aliphatic carbocycles. The van der Waals surface area contributed by atoms with Crippen molar-refractivity contribution in [3.8, 4) is 0 Å². The minimum Gasteiger partial charge on any atom is -0.310 e. The molecule has 2 heteroatoms. The lowest BCUT2D eigenvalue weighted by Crippen LogP contribution is -2.53. The molecule has 1 spiro atoms. The Kier molecular flexibility index (Phi) is 2.73. The number of nitrogens with zero attached hydrogens (tertiary/aromatic N) is 1. The van der Waals surface area contributed by atoms with Gasteiger partial charge in [-0.1, -0.05) is 19.3 Å². The Hall–Kier alpha value is -0.0800. The third-order valence-electron chi connectivity index (χ3n) is 4.50. The van der Waals surface area contributed by atoms with Gasteiger partial charge in [0.25, 0.3) is 0 Å². The molecule has 1 N–H and O–H groups in total. The third-order valence-corrected chi connectivity index (χ3v) is 4.50. The zero-order valence-corrected chi connectivity index (χ0v) is 9.80. The zero-order valence-electron chi connectivity index (χ0n) is 9.80. The fraction of sp³-hybridized carbons (Fsp3) is 1.00. The van der Waals surface area contributed by atoms with Crippen LogP contribution in [0.5, 0.6) is 0 Å². The summed E-state index contributed by atoms with van der Waals surface area (Å²) in [6.45, 7) is 3.94. The van der Waals surface area contributed by atoms with Gasteiger partial charge in [0.05, 0.1) is 0 Å². The lowest BCUT2D eigenvalue weighted by Gasteiger charge is -2.40. The van der Waals surface area contributed by atoms with Crippen LogP contribution in [0, 0.1) is 0 Å². The first kappa shape index (κ1) is 10.1. The van der Waals surface area contributed by atoms with Crippen molar-refractivity contribution in [2.45, 2.75) is 62.9 Å².